The summed E-state index contributed by atoms with van der Waals surface area (Å²) in [6, 6.07) is 92.7. The Bertz CT molecular complexity index is 3040. The minimum atomic E-state index is 0.140. The molecule has 0 aromatic heterocycles. The summed E-state index contributed by atoms with van der Waals surface area (Å²) >= 11 is 0. The number of benzene rings is 10. The van der Waals surface area contributed by atoms with E-state index in [0.29, 0.717) is 0 Å². The second-order valence-corrected chi connectivity index (χ2v) is 20.3. The second kappa shape index (κ2) is 19.4. The first-order valence-electron chi connectivity index (χ1n) is 24.5. The van der Waals surface area contributed by atoms with Gasteiger partial charge in [-0.05, 0) is 150 Å². The maximum atomic E-state index is 2.33. The van der Waals surface area contributed by atoms with Crippen molar-refractivity contribution < 1.29 is 0 Å². The molecule has 0 saturated heterocycles. The molecule has 10 aromatic rings. The molecule has 0 unspecified atom stereocenters. The largest absolute Gasteiger partial charge is 0.311 e. The normalized spacial score (nSPS) is 11.6. The highest BCUT2D eigenvalue weighted by Crippen LogP contribution is 2.40. The first kappa shape index (κ1) is 45.6. The van der Waals surface area contributed by atoms with Crippen molar-refractivity contribution in [2.75, 3.05) is 9.80 Å². The van der Waals surface area contributed by atoms with Crippen molar-refractivity contribution in [3.63, 3.8) is 0 Å². The predicted octanol–water partition coefficient (Wildman–Crippen LogP) is 19.6. The molecule has 70 heavy (non-hydrogen) atoms. The van der Waals surface area contributed by atoms with Crippen LogP contribution in [0.2, 0.25) is 0 Å². The number of anilines is 6. The topological polar surface area (TPSA) is 6.48 Å². The Morgan fingerprint density at radius 3 is 0.529 bits per heavy atom. The zero-order valence-electron chi connectivity index (χ0n) is 41.1. The maximum Gasteiger partial charge on any atom is 0.0462 e. The molecule has 0 amide bonds. The minimum Gasteiger partial charge on any atom is -0.311 e. The number of rotatable bonds is 11. The summed E-state index contributed by atoms with van der Waals surface area (Å²) in [6.45, 7) is 13.5. The molecule has 0 saturated carbocycles. The summed E-state index contributed by atoms with van der Waals surface area (Å²) < 4.78 is 0. The summed E-state index contributed by atoms with van der Waals surface area (Å²) in [4.78, 5) is 4.65. The standard InChI is InChI=1S/C68H60N2/c1-67(2,3)59-37-25-53(26-38-59)49-17-21-51(22-18-49)55-29-41-63(42-30-55)69(61-13-9-7-10-14-61)65-45-33-57(34-46-65)58-35-47-66(48-36-58)70(62-15-11-8-12-16-62)64-43-31-56(32-44-64)52-23-19-50(20-24-52)54-27-39-60(40-28-54)68(4,5)6/h7-48H,1-6H3. The zero-order valence-corrected chi connectivity index (χ0v) is 41.1. The van der Waals surface area contributed by atoms with Gasteiger partial charge >= 0.3 is 0 Å². The lowest BCUT2D eigenvalue weighted by atomic mass is 9.86. The summed E-state index contributed by atoms with van der Waals surface area (Å²) in [6.07, 6.45) is 0. The first-order chi connectivity index (χ1) is 33.9. The van der Waals surface area contributed by atoms with Crippen LogP contribution in [0.3, 0.4) is 0 Å². The van der Waals surface area contributed by atoms with Gasteiger partial charge in [-0.3, -0.25) is 0 Å². The lowest BCUT2D eigenvalue weighted by Crippen LogP contribution is -2.10. The van der Waals surface area contributed by atoms with E-state index in [0.717, 1.165) is 45.3 Å². The van der Waals surface area contributed by atoms with Crippen molar-refractivity contribution in [2.45, 2.75) is 52.4 Å². The van der Waals surface area contributed by atoms with Crippen molar-refractivity contribution in [3.05, 3.63) is 266 Å². The third-order valence-corrected chi connectivity index (χ3v) is 13.5. The van der Waals surface area contributed by atoms with Crippen molar-refractivity contribution in [2.24, 2.45) is 0 Å². The maximum absolute atomic E-state index is 2.33. The minimum absolute atomic E-state index is 0.140. The van der Waals surface area contributed by atoms with Gasteiger partial charge in [0, 0.05) is 34.1 Å². The molecule has 0 N–H and O–H groups in total. The second-order valence-electron chi connectivity index (χ2n) is 20.3. The molecule has 342 valence electrons. The van der Waals surface area contributed by atoms with Gasteiger partial charge in [0.25, 0.3) is 0 Å². The van der Waals surface area contributed by atoms with E-state index in [9.17, 15) is 0 Å². The Morgan fingerprint density at radius 2 is 0.343 bits per heavy atom. The molecular weight excluding hydrogens is 845 g/mol. The molecule has 0 bridgehead atoms. The molecule has 10 rings (SSSR count). The van der Waals surface area contributed by atoms with Crippen LogP contribution in [-0.4, -0.2) is 0 Å². The molecule has 10 aromatic carbocycles. The van der Waals surface area contributed by atoms with E-state index in [-0.39, 0.29) is 10.8 Å². The van der Waals surface area contributed by atoms with Gasteiger partial charge in [-0.2, -0.15) is 0 Å². The number of hydrogen-bond acceptors (Lipinski definition) is 2. The molecule has 0 aliphatic heterocycles. The molecule has 0 radical (unpaired) electrons. The summed E-state index contributed by atoms with van der Waals surface area (Å²) in [5, 5.41) is 0. The lowest BCUT2D eigenvalue weighted by molar-refractivity contribution is 0.590. The van der Waals surface area contributed by atoms with Gasteiger partial charge in [-0.15, -0.1) is 0 Å². The van der Waals surface area contributed by atoms with Crippen LogP contribution in [0, 0.1) is 0 Å². The van der Waals surface area contributed by atoms with Crippen LogP contribution in [-0.2, 0) is 10.8 Å². The Morgan fingerprint density at radius 1 is 0.186 bits per heavy atom. The van der Waals surface area contributed by atoms with Gasteiger partial charge in [-0.25, -0.2) is 0 Å². The quantitative estimate of drug-likeness (QED) is 0.128. The van der Waals surface area contributed by atoms with Gasteiger partial charge < -0.3 is 9.80 Å². The Labute approximate surface area is 415 Å². The molecule has 0 fully saturated rings. The van der Waals surface area contributed by atoms with Gasteiger partial charge in [0.05, 0.1) is 0 Å². The fraction of sp³-hybridized carbons (Fsp3) is 0.118. The molecule has 0 heterocycles. The Balaban J connectivity index is 0.858. The van der Waals surface area contributed by atoms with E-state index < -0.39 is 0 Å². The smallest absolute Gasteiger partial charge is 0.0462 e. The van der Waals surface area contributed by atoms with Gasteiger partial charge in [0.1, 0.15) is 0 Å². The van der Waals surface area contributed by atoms with E-state index in [4.69, 9.17) is 0 Å². The first-order valence-corrected chi connectivity index (χ1v) is 24.5. The van der Waals surface area contributed by atoms with E-state index in [1.165, 1.54) is 55.6 Å². The summed E-state index contributed by atoms with van der Waals surface area (Å²) in [7, 11) is 0. The van der Waals surface area contributed by atoms with Gasteiger partial charge in [0.15, 0.2) is 0 Å². The predicted molar refractivity (Wildman–Crippen MR) is 300 cm³/mol. The monoisotopic (exact) mass is 904 g/mol. The van der Waals surface area contributed by atoms with Crippen LogP contribution in [0.25, 0.3) is 55.6 Å². The molecule has 2 heteroatoms. The highest BCUT2D eigenvalue weighted by Gasteiger charge is 2.17. The Hall–Kier alpha value is -8.20. The molecule has 0 aliphatic rings. The van der Waals surface area contributed by atoms with Crippen LogP contribution in [0.4, 0.5) is 34.1 Å². The fourth-order valence-corrected chi connectivity index (χ4v) is 9.30. The van der Waals surface area contributed by atoms with Crippen molar-refractivity contribution in [1.29, 1.82) is 0 Å². The van der Waals surface area contributed by atoms with Crippen molar-refractivity contribution >= 4 is 34.1 Å². The van der Waals surface area contributed by atoms with Crippen LogP contribution in [0.15, 0.2) is 255 Å². The third kappa shape index (κ3) is 10.00. The number of para-hydroxylation sites is 2. The van der Waals surface area contributed by atoms with Gasteiger partial charge in [0.2, 0.25) is 0 Å². The van der Waals surface area contributed by atoms with Gasteiger partial charge in [-0.1, -0.05) is 224 Å². The number of nitrogens with zero attached hydrogens (tertiary/aromatic N) is 2. The third-order valence-electron chi connectivity index (χ3n) is 13.5. The van der Waals surface area contributed by atoms with Crippen LogP contribution >= 0.6 is 0 Å². The number of hydrogen-bond donors (Lipinski definition) is 0. The van der Waals surface area contributed by atoms with Crippen molar-refractivity contribution in [1.82, 2.24) is 0 Å². The van der Waals surface area contributed by atoms with E-state index >= 15 is 0 Å². The molecule has 0 atom stereocenters. The molecule has 2 nitrogen and oxygen atoms in total. The van der Waals surface area contributed by atoms with E-state index in [1.54, 1.807) is 0 Å². The molecule has 0 aliphatic carbocycles. The SMILES string of the molecule is CC(C)(C)c1ccc(-c2ccc(-c3ccc(N(c4ccccc4)c4ccc(-c5ccc(N(c6ccccc6)c6ccc(-c7ccc(-c8ccc(C(C)(C)C)cc8)cc7)cc6)cc5)cc4)cc3)cc2)cc1. The highest BCUT2D eigenvalue weighted by molar-refractivity contribution is 5.83. The average molecular weight is 905 g/mol. The zero-order chi connectivity index (χ0) is 48.2. The summed E-state index contributed by atoms with van der Waals surface area (Å²) in [5.41, 5.74) is 21.6. The van der Waals surface area contributed by atoms with E-state index in [1.807, 2.05) is 0 Å². The molecular formula is C68H60N2. The highest BCUT2D eigenvalue weighted by atomic mass is 15.1. The van der Waals surface area contributed by atoms with E-state index in [2.05, 4.69) is 306 Å². The fourth-order valence-electron chi connectivity index (χ4n) is 9.30. The lowest BCUT2D eigenvalue weighted by Gasteiger charge is -2.26. The molecule has 0 spiro atoms. The van der Waals surface area contributed by atoms with Crippen LogP contribution < -0.4 is 9.80 Å². The summed E-state index contributed by atoms with van der Waals surface area (Å²) in [5.74, 6) is 0. The Kier molecular flexibility index (Phi) is 12.6. The van der Waals surface area contributed by atoms with Crippen LogP contribution in [0.1, 0.15) is 52.7 Å². The average Bonchev–Trinajstić information content (AvgIpc) is 3.40. The van der Waals surface area contributed by atoms with Crippen LogP contribution in [0.5, 0.6) is 0 Å². The van der Waals surface area contributed by atoms with Crippen molar-refractivity contribution in [3.8, 4) is 55.6 Å².